The zero-order valence-corrected chi connectivity index (χ0v) is 13.4. The van der Waals surface area contributed by atoms with Crippen molar-refractivity contribution in [2.75, 3.05) is 6.54 Å². The Bertz CT molecular complexity index is 454. The minimum Gasteiger partial charge on any atom is -0.393 e. The van der Waals surface area contributed by atoms with Crippen LogP contribution >= 0.6 is 15.9 Å². The van der Waals surface area contributed by atoms with Crippen molar-refractivity contribution in [2.24, 2.45) is 5.92 Å². The van der Waals surface area contributed by atoms with Gasteiger partial charge in [-0.25, -0.2) is 0 Å². The fourth-order valence-corrected chi connectivity index (χ4v) is 4.31. The molecule has 0 amide bonds. The Hall–Kier alpha value is -0.450. The fourth-order valence-electron chi connectivity index (χ4n) is 3.90. The molecule has 1 aliphatic heterocycles. The Morgan fingerprint density at radius 3 is 2.85 bits per heavy atom. The average Bonchev–Trinajstić information content (AvgIpc) is 2.87. The third-order valence-corrected chi connectivity index (χ3v) is 5.27. The van der Waals surface area contributed by atoms with Crippen LogP contribution in [0.4, 0.5) is 0 Å². The van der Waals surface area contributed by atoms with Crippen LogP contribution in [0, 0.1) is 5.92 Å². The molecule has 3 atom stereocenters. The standard InChI is InChI=1S/C16H23BrN2O/c17-13-8-12(9-18-10-13)11-19-7-3-5-15(19)14-4-1-2-6-16(14)20/h8-10,14-16,20H,1-7,11H2. The van der Waals surface area contributed by atoms with E-state index in [0.29, 0.717) is 12.0 Å². The van der Waals surface area contributed by atoms with Crippen LogP contribution in [0.1, 0.15) is 44.1 Å². The second kappa shape index (κ2) is 6.54. The number of likely N-dealkylation sites (tertiary alicyclic amines) is 1. The number of aliphatic hydroxyl groups excluding tert-OH is 1. The average molecular weight is 339 g/mol. The molecule has 1 N–H and O–H groups in total. The van der Waals surface area contributed by atoms with Crippen LogP contribution in [0.2, 0.25) is 0 Å². The molecule has 2 heterocycles. The summed E-state index contributed by atoms with van der Waals surface area (Å²) < 4.78 is 1.04. The van der Waals surface area contributed by atoms with Crippen molar-refractivity contribution >= 4 is 15.9 Å². The molecule has 110 valence electrons. The number of aromatic nitrogens is 1. The van der Waals surface area contributed by atoms with E-state index in [-0.39, 0.29) is 6.10 Å². The molecule has 0 spiro atoms. The van der Waals surface area contributed by atoms with Crippen molar-refractivity contribution < 1.29 is 5.11 Å². The number of rotatable bonds is 3. The zero-order valence-electron chi connectivity index (χ0n) is 11.8. The molecule has 0 radical (unpaired) electrons. The first-order chi connectivity index (χ1) is 9.74. The number of hydrogen-bond donors (Lipinski definition) is 1. The van der Waals surface area contributed by atoms with Gasteiger partial charge in [0.1, 0.15) is 0 Å². The summed E-state index contributed by atoms with van der Waals surface area (Å²) in [7, 11) is 0. The van der Waals surface area contributed by atoms with Crippen molar-refractivity contribution in [3.8, 4) is 0 Å². The minimum atomic E-state index is -0.0880. The summed E-state index contributed by atoms with van der Waals surface area (Å²) in [5.41, 5.74) is 1.26. The maximum absolute atomic E-state index is 10.3. The van der Waals surface area contributed by atoms with E-state index in [9.17, 15) is 5.11 Å². The van der Waals surface area contributed by atoms with E-state index in [1.807, 2.05) is 12.4 Å². The van der Waals surface area contributed by atoms with Crippen LogP contribution < -0.4 is 0 Å². The molecule has 1 aromatic rings. The smallest absolute Gasteiger partial charge is 0.0583 e. The second-order valence-corrected chi connectivity index (χ2v) is 7.12. The molecule has 2 aliphatic rings. The van der Waals surface area contributed by atoms with Gasteiger partial charge >= 0.3 is 0 Å². The van der Waals surface area contributed by atoms with Gasteiger partial charge in [0.05, 0.1) is 6.10 Å². The van der Waals surface area contributed by atoms with Crippen molar-refractivity contribution in [3.63, 3.8) is 0 Å². The normalized spacial score (nSPS) is 31.6. The summed E-state index contributed by atoms with van der Waals surface area (Å²) in [4.78, 5) is 6.81. The van der Waals surface area contributed by atoms with Crippen LogP contribution in [0.5, 0.6) is 0 Å². The van der Waals surface area contributed by atoms with Gasteiger partial charge in [0.15, 0.2) is 0 Å². The predicted octanol–water partition coefficient (Wildman–Crippen LogP) is 3.36. The molecule has 20 heavy (non-hydrogen) atoms. The summed E-state index contributed by atoms with van der Waals surface area (Å²) >= 11 is 3.49. The number of hydrogen-bond acceptors (Lipinski definition) is 3. The van der Waals surface area contributed by atoms with Crippen molar-refractivity contribution in [1.29, 1.82) is 0 Å². The first-order valence-corrected chi connectivity index (χ1v) is 8.55. The first kappa shape index (κ1) is 14.5. The minimum absolute atomic E-state index is 0.0880. The van der Waals surface area contributed by atoms with Gasteiger partial charge in [-0.3, -0.25) is 9.88 Å². The third-order valence-electron chi connectivity index (χ3n) is 4.84. The molecule has 1 saturated heterocycles. The molecular formula is C16H23BrN2O. The van der Waals surface area contributed by atoms with Gasteiger partial charge in [-0.2, -0.15) is 0 Å². The first-order valence-electron chi connectivity index (χ1n) is 7.75. The van der Waals surface area contributed by atoms with Gasteiger partial charge < -0.3 is 5.11 Å². The fraction of sp³-hybridized carbons (Fsp3) is 0.688. The number of halogens is 1. The molecule has 1 saturated carbocycles. The lowest BCUT2D eigenvalue weighted by Gasteiger charge is -2.37. The lowest BCUT2D eigenvalue weighted by Crippen LogP contribution is -2.42. The highest BCUT2D eigenvalue weighted by Crippen LogP contribution is 2.35. The Balaban J connectivity index is 1.69. The van der Waals surface area contributed by atoms with Gasteiger partial charge in [-0.15, -0.1) is 0 Å². The molecule has 2 fully saturated rings. The van der Waals surface area contributed by atoms with Gasteiger partial charge in [0, 0.05) is 35.4 Å². The summed E-state index contributed by atoms with van der Waals surface area (Å²) in [6, 6.07) is 2.71. The molecule has 3 rings (SSSR count). The lowest BCUT2D eigenvalue weighted by atomic mass is 9.80. The molecule has 4 heteroatoms. The van der Waals surface area contributed by atoms with E-state index in [0.717, 1.165) is 24.0 Å². The molecule has 3 unspecified atom stereocenters. The predicted molar refractivity (Wildman–Crippen MR) is 83.3 cm³/mol. The van der Waals surface area contributed by atoms with E-state index in [1.54, 1.807) is 0 Å². The largest absolute Gasteiger partial charge is 0.393 e. The summed E-state index contributed by atoms with van der Waals surface area (Å²) in [5, 5.41) is 10.3. The van der Waals surface area contributed by atoms with Gasteiger partial charge in [0.25, 0.3) is 0 Å². The summed E-state index contributed by atoms with van der Waals surface area (Å²) in [6.07, 6.45) is 10.9. The van der Waals surface area contributed by atoms with E-state index in [1.165, 1.54) is 37.7 Å². The number of aliphatic hydroxyl groups is 1. The van der Waals surface area contributed by atoms with Crippen LogP contribution in [-0.4, -0.2) is 33.7 Å². The van der Waals surface area contributed by atoms with Gasteiger partial charge in [0.2, 0.25) is 0 Å². The van der Waals surface area contributed by atoms with E-state index < -0.39 is 0 Å². The van der Waals surface area contributed by atoms with Gasteiger partial charge in [-0.05, 0) is 59.8 Å². The summed E-state index contributed by atoms with van der Waals surface area (Å²) in [6.45, 7) is 2.11. The van der Waals surface area contributed by atoms with Crippen LogP contribution in [0.15, 0.2) is 22.9 Å². The Morgan fingerprint density at radius 1 is 1.20 bits per heavy atom. The van der Waals surface area contributed by atoms with E-state index in [2.05, 4.69) is 31.9 Å². The molecule has 0 aromatic carbocycles. The third kappa shape index (κ3) is 3.23. The molecule has 3 nitrogen and oxygen atoms in total. The molecule has 0 bridgehead atoms. The zero-order chi connectivity index (χ0) is 13.9. The quantitative estimate of drug-likeness (QED) is 0.917. The Morgan fingerprint density at radius 2 is 2.05 bits per heavy atom. The van der Waals surface area contributed by atoms with Crippen molar-refractivity contribution in [2.45, 2.75) is 57.2 Å². The number of pyridine rings is 1. The van der Waals surface area contributed by atoms with E-state index in [4.69, 9.17) is 0 Å². The number of nitrogens with zero attached hydrogens (tertiary/aromatic N) is 2. The Kier molecular flexibility index (Phi) is 4.74. The molecule has 1 aliphatic carbocycles. The second-order valence-electron chi connectivity index (χ2n) is 6.21. The maximum atomic E-state index is 10.3. The maximum Gasteiger partial charge on any atom is 0.0583 e. The van der Waals surface area contributed by atoms with Crippen LogP contribution in [0.3, 0.4) is 0 Å². The van der Waals surface area contributed by atoms with Gasteiger partial charge in [-0.1, -0.05) is 12.8 Å². The summed E-state index contributed by atoms with van der Waals surface area (Å²) in [5.74, 6) is 0.478. The molecular weight excluding hydrogens is 316 g/mol. The van der Waals surface area contributed by atoms with E-state index >= 15 is 0 Å². The monoisotopic (exact) mass is 338 g/mol. The Labute approximate surface area is 129 Å². The van der Waals surface area contributed by atoms with Crippen LogP contribution in [-0.2, 0) is 6.54 Å². The lowest BCUT2D eigenvalue weighted by molar-refractivity contribution is 0.0201. The topological polar surface area (TPSA) is 36.4 Å². The van der Waals surface area contributed by atoms with Crippen LogP contribution in [0.25, 0.3) is 0 Å². The van der Waals surface area contributed by atoms with Crippen molar-refractivity contribution in [3.05, 3.63) is 28.5 Å². The van der Waals surface area contributed by atoms with Crippen molar-refractivity contribution in [1.82, 2.24) is 9.88 Å². The highest BCUT2D eigenvalue weighted by atomic mass is 79.9. The SMILES string of the molecule is OC1CCCCC1C1CCCN1Cc1cncc(Br)c1. The molecule has 1 aromatic heterocycles. The highest BCUT2D eigenvalue weighted by molar-refractivity contribution is 9.10. The highest BCUT2D eigenvalue weighted by Gasteiger charge is 2.36.